The number of fused-ring (bicyclic) bond motifs is 1. The molecule has 17 heavy (non-hydrogen) atoms. The Morgan fingerprint density at radius 3 is 2.88 bits per heavy atom. The second-order valence-corrected chi connectivity index (χ2v) is 5.08. The van der Waals surface area contributed by atoms with E-state index < -0.39 is 0 Å². The lowest BCUT2D eigenvalue weighted by molar-refractivity contribution is 0.196. The smallest absolute Gasteiger partial charge is 0.145 e. The number of hydrogen-bond donors (Lipinski definition) is 1. The summed E-state index contributed by atoms with van der Waals surface area (Å²) >= 11 is 0. The van der Waals surface area contributed by atoms with Gasteiger partial charge in [-0.25, -0.2) is 9.97 Å². The number of rotatable bonds is 2. The number of aromatic nitrogens is 3. The van der Waals surface area contributed by atoms with Crippen LogP contribution in [-0.4, -0.2) is 14.5 Å². The van der Waals surface area contributed by atoms with Gasteiger partial charge in [-0.2, -0.15) is 0 Å². The number of nitrogen functional groups attached to an aromatic ring is 1. The molecule has 2 heterocycles. The molecule has 1 aliphatic rings. The number of nitrogens with zero attached hydrogens (tertiary/aromatic N) is 3. The van der Waals surface area contributed by atoms with Crippen LogP contribution in [0.2, 0.25) is 0 Å². The van der Waals surface area contributed by atoms with Crippen LogP contribution >= 0.6 is 0 Å². The molecule has 0 aliphatic heterocycles. The van der Waals surface area contributed by atoms with Crippen molar-refractivity contribution in [2.75, 3.05) is 5.73 Å². The van der Waals surface area contributed by atoms with E-state index in [0.29, 0.717) is 11.9 Å². The Kier molecular flexibility index (Phi) is 2.31. The first-order valence-corrected chi connectivity index (χ1v) is 6.28. The molecule has 0 atom stereocenters. The van der Waals surface area contributed by atoms with Crippen molar-refractivity contribution in [3.63, 3.8) is 0 Å². The molecule has 0 bridgehead atoms. The molecule has 1 saturated carbocycles. The highest BCUT2D eigenvalue weighted by atomic mass is 15.1. The fraction of sp³-hybridized carbons (Fsp3) is 0.538. The molecule has 0 amide bonds. The van der Waals surface area contributed by atoms with Gasteiger partial charge in [-0.3, -0.25) is 0 Å². The van der Waals surface area contributed by atoms with Crippen LogP contribution in [0.25, 0.3) is 11.0 Å². The van der Waals surface area contributed by atoms with Gasteiger partial charge in [-0.05, 0) is 31.2 Å². The van der Waals surface area contributed by atoms with Gasteiger partial charge in [0.05, 0.1) is 5.39 Å². The van der Waals surface area contributed by atoms with Crippen molar-refractivity contribution < 1.29 is 0 Å². The summed E-state index contributed by atoms with van der Waals surface area (Å²) in [6, 6.07) is 0.602. The zero-order valence-electron chi connectivity index (χ0n) is 10.3. The van der Waals surface area contributed by atoms with Gasteiger partial charge < -0.3 is 10.3 Å². The molecule has 0 unspecified atom stereocenters. The fourth-order valence-electron chi connectivity index (χ4n) is 2.84. The Labute approximate surface area is 101 Å². The third-order valence-corrected chi connectivity index (χ3v) is 4.01. The third-order valence-electron chi connectivity index (χ3n) is 4.01. The van der Waals surface area contributed by atoms with E-state index in [-0.39, 0.29) is 0 Å². The molecule has 0 aromatic carbocycles. The molecule has 2 aromatic rings. The van der Waals surface area contributed by atoms with E-state index >= 15 is 0 Å². The normalized spacial score (nSPS) is 23.9. The second kappa shape index (κ2) is 3.72. The predicted octanol–water partition coefficient (Wildman–Crippen LogP) is 2.68. The van der Waals surface area contributed by atoms with Crippen LogP contribution in [0.15, 0.2) is 12.5 Å². The Morgan fingerprint density at radius 1 is 1.41 bits per heavy atom. The minimum absolute atomic E-state index is 0.595. The average molecular weight is 230 g/mol. The van der Waals surface area contributed by atoms with E-state index in [4.69, 9.17) is 5.73 Å². The molecule has 0 radical (unpaired) electrons. The third kappa shape index (κ3) is 1.51. The first-order chi connectivity index (χ1) is 8.20. The Bertz CT molecular complexity index is 552. The van der Waals surface area contributed by atoms with Crippen molar-refractivity contribution in [3.05, 3.63) is 18.1 Å². The first-order valence-electron chi connectivity index (χ1n) is 6.28. The lowest BCUT2D eigenvalue weighted by Gasteiger charge is -2.36. The minimum atomic E-state index is 0.595. The summed E-state index contributed by atoms with van der Waals surface area (Å²) in [5.74, 6) is 1.48. The second-order valence-electron chi connectivity index (χ2n) is 5.08. The average Bonchev–Trinajstić information content (AvgIpc) is 2.56. The summed E-state index contributed by atoms with van der Waals surface area (Å²) in [6.07, 6.45) is 7.55. The maximum absolute atomic E-state index is 5.92. The van der Waals surface area contributed by atoms with Gasteiger partial charge >= 0.3 is 0 Å². The Morgan fingerprint density at radius 2 is 2.18 bits per heavy atom. The molecule has 0 saturated heterocycles. The van der Waals surface area contributed by atoms with Gasteiger partial charge in [0.25, 0.3) is 0 Å². The van der Waals surface area contributed by atoms with Gasteiger partial charge in [0.15, 0.2) is 0 Å². The quantitative estimate of drug-likeness (QED) is 0.863. The molecule has 1 fully saturated rings. The zero-order valence-corrected chi connectivity index (χ0v) is 10.3. The summed E-state index contributed by atoms with van der Waals surface area (Å²) in [4.78, 5) is 8.46. The molecule has 1 aliphatic carbocycles. The van der Waals surface area contributed by atoms with Crippen molar-refractivity contribution in [3.8, 4) is 0 Å². The van der Waals surface area contributed by atoms with Crippen LogP contribution in [0.3, 0.4) is 0 Å². The van der Waals surface area contributed by atoms with Crippen LogP contribution in [0, 0.1) is 12.8 Å². The van der Waals surface area contributed by atoms with Gasteiger partial charge in [0.1, 0.15) is 17.8 Å². The molecule has 90 valence electrons. The maximum Gasteiger partial charge on any atom is 0.145 e. The van der Waals surface area contributed by atoms with E-state index in [1.54, 1.807) is 6.33 Å². The molecular weight excluding hydrogens is 212 g/mol. The molecule has 4 nitrogen and oxygen atoms in total. The largest absolute Gasteiger partial charge is 0.383 e. The highest BCUT2D eigenvalue weighted by Crippen LogP contribution is 2.41. The topological polar surface area (TPSA) is 56.7 Å². The van der Waals surface area contributed by atoms with E-state index in [1.807, 2.05) is 0 Å². The van der Waals surface area contributed by atoms with Crippen molar-refractivity contribution in [1.82, 2.24) is 14.5 Å². The van der Waals surface area contributed by atoms with Crippen LogP contribution in [0.4, 0.5) is 5.82 Å². The highest BCUT2D eigenvalue weighted by Gasteiger charge is 2.30. The van der Waals surface area contributed by atoms with Crippen molar-refractivity contribution in [2.24, 2.45) is 5.92 Å². The maximum atomic E-state index is 5.92. The van der Waals surface area contributed by atoms with Crippen molar-refractivity contribution >= 4 is 16.9 Å². The zero-order chi connectivity index (χ0) is 12.0. The number of hydrogen-bond acceptors (Lipinski definition) is 3. The monoisotopic (exact) mass is 230 g/mol. The van der Waals surface area contributed by atoms with Gasteiger partial charge in [-0.1, -0.05) is 13.3 Å². The summed E-state index contributed by atoms with van der Waals surface area (Å²) in [5, 5.41) is 1.02. The standard InChI is InChI=1S/C13H18N4/c1-3-9-4-10(5-9)17-6-8(2)11-12(14)15-7-16-13(11)17/h6-7,9-10H,3-5H2,1-2H3,(H2,14,15,16). The molecule has 4 heteroatoms. The number of nitrogens with two attached hydrogens (primary N) is 1. The summed E-state index contributed by atoms with van der Waals surface area (Å²) in [7, 11) is 0. The van der Waals surface area contributed by atoms with Crippen molar-refractivity contribution in [1.29, 1.82) is 0 Å². The van der Waals surface area contributed by atoms with Crippen LogP contribution in [-0.2, 0) is 0 Å². The lowest BCUT2D eigenvalue weighted by atomic mass is 9.78. The van der Waals surface area contributed by atoms with Gasteiger partial charge in [0, 0.05) is 12.2 Å². The Hall–Kier alpha value is -1.58. The van der Waals surface area contributed by atoms with E-state index in [2.05, 4.69) is 34.6 Å². The van der Waals surface area contributed by atoms with Crippen LogP contribution < -0.4 is 5.73 Å². The molecule has 2 N–H and O–H groups in total. The highest BCUT2D eigenvalue weighted by molar-refractivity contribution is 5.89. The lowest BCUT2D eigenvalue weighted by Crippen LogP contribution is -2.25. The Balaban J connectivity index is 2.04. The fourth-order valence-corrected chi connectivity index (χ4v) is 2.84. The van der Waals surface area contributed by atoms with Crippen LogP contribution in [0.1, 0.15) is 37.8 Å². The molecule has 0 spiro atoms. The van der Waals surface area contributed by atoms with Gasteiger partial charge in [0.2, 0.25) is 0 Å². The molecule has 3 rings (SSSR count). The first kappa shape index (κ1) is 10.6. The molecule has 2 aromatic heterocycles. The van der Waals surface area contributed by atoms with E-state index in [1.165, 1.54) is 24.8 Å². The molecular formula is C13H18N4. The predicted molar refractivity (Wildman–Crippen MR) is 68.7 cm³/mol. The SMILES string of the molecule is CCC1CC(n2cc(C)c3c(N)ncnc32)C1. The minimum Gasteiger partial charge on any atom is -0.383 e. The summed E-state index contributed by atoms with van der Waals surface area (Å²) < 4.78 is 2.29. The van der Waals surface area contributed by atoms with E-state index in [9.17, 15) is 0 Å². The van der Waals surface area contributed by atoms with Crippen LogP contribution in [0.5, 0.6) is 0 Å². The van der Waals surface area contributed by atoms with Gasteiger partial charge in [-0.15, -0.1) is 0 Å². The number of aryl methyl sites for hydroxylation is 1. The van der Waals surface area contributed by atoms with E-state index in [0.717, 1.165) is 17.0 Å². The summed E-state index contributed by atoms with van der Waals surface area (Å²) in [5.41, 5.74) is 8.09. The van der Waals surface area contributed by atoms with Crippen molar-refractivity contribution in [2.45, 2.75) is 39.2 Å². The number of anilines is 1. The summed E-state index contributed by atoms with van der Waals surface area (Å²) in [6.45, 7) is 4.34.